The van der Waals surface area contributed by atoms with Gasteiger partial charge in [-0.15, -0.1) is 0 Å². The maximum atomic E-state index is 12.5. The Hall–Kier alpha value is -2.10. The highest BCUT2D eigenvalue weighted by atomic mass is 16.5. The van der Waals surface area contributed by atoms with E-state index in [1.54, 1.807) is 4.57 Å². The molecule has 0 aliphatic carbocycles. The lowest BCUT2D eigenvalue weighted by Gasteiger charge is -2.30. The Morgan fingerprint density at radius 1 is 1.29 bits per heavy atom. The average Bonchev–Trinajstić information content (AvgIpc) is 2.72. The molecule has 0 bridgehead atoms. The Labute approximate surface area is 123 Å². The van der Waals surface area contributed by atoms with Gasteiger partial charge in [-0.25, -0.2) is 0 Å². The molecule has 2 heterocycles. The molecule has 1 aromatic heterocycles. The van der Waals surface area contributed by atoms with Crippen LogP contribution in [-0.4, -0.2) is 23.6 Å². The number of aromatic nitrogens is 1. The van der Waals surface area contributed by atoms with E-state index in [2.05, 4.69) is 13.8 Å². The fourth-order valence-electron chi connectivity index (χ4n) is 3.25. The minimum atomic E-state index is -0.273. The van der Waals surface area contributed by atoms with Gasteiger partial charge in [0.05, 0.1) is 19.0 Å². The maximum absolute atomic E-state index is 12.5. The summed E-state index contributed by atoms with van der Waals surface area (Å²) in [5, 5.41) is 0.976. The van der Waals surface area contributed by atoms with Crippen molar-refractivity contribution in [2.24, 2.45) is 5.41 Å². The van der Waals surface area contributed by atoms with Crippen molar-refractivity contribution in [1.82, 2.24) is 4.57 Å². The van der Waals surface area contributed by atoms with E-state index < -0.39 is 0 Å². The Morgan fingerprint density at radius 2 is 2.00 bits per heavy atom. The second-order valence-electron chi connectivity index (χ2n) is 6.44. The lowest BCUT2D eigenvalue weighted by atomic mass is 9.80. The number of esters is 1. The van der Waals surface area contributed by atoms with Crippen LogP contribution in [0.4, 0.5) is 0 Å². The van der Waals surface area contributed by atoms with Gasteiger partial charge in [-0.05, 0) is 23.5 Å². The number of benzene rings is 1. The van der Waals surface area contributed by atoms with Gasteiger partial charge in [0, 0.05) is 17.5 Å². The first-order valence-electron chi connectivity index (χ1n) is 7.14. The maximum Gasteiger partial charge on any atom is 0.310 e. The summed E-state index contributed by atoms with van der Waals surface area (Å²) < 4.78 is 6.60. The highest BCUT2D eigenvalue weighted by Crippen LogP contribution is 2.38. The van der Waals surface area contributed by atoms with Gasteiger partial charge in [0.15, 0.2) is 0 Å². The number of hydrogen-bond acceptors (Lipinski definition) is 3. The zero-order valence-corrected chi connectivity index (χ0v) is 12.6. The first-order chi connectivity index (χ1) is 9.93. The van der Waals surface area contributed by atoms with Crippen molar-refractivity contribution in [2.75, 3.05) is 7.11 Å². The highest BCUT2D eigenvalue weighted by molar-refractivity contribution is 5.98. The topological polar surface area (TPSA) is 48.3 Å². The highest BCUT2D eigenvalue weighted by Gasteiger charge is 2.34. The summed E-state index contributed by atoms with van der Waals surface area (Å²) in [4.78, 5) is 24.3. The summed E-state index contributed by atoms with van der Waals surface area (Å²) in [6, 6.07) is 7.77. The van der Waals surface area contributed by atoms with Crippen LogP contribution in [0.25, 0.3) is 10.9 Å². The third-order valence-electron chi connectivity index (χ3n) is 4.16. The van der Waals surface area contributed by atoms with Gasteiger partial charge < -0.3 is 4.74 Å². The first-order valence-corrected chi connectivity index (χ1v) is 7.14. The van der Waals surface area contributed by atoms with Gasteiger partial charge in [-0.1, -0.05) is 32.0 Å². The van der Waals surface area contributed by atoms with Crippen molar-refractivity contribution in [3.63, 3.8) is 0 Å². The predicted molar refractivity (Wildman–Crippen MR) is 80.4 cm³/mol. The number of nitrogens with zero attached hydrogens (tertiary/aromatic N) is 1. The van der Waals surface area contributed by atoms with Crippen molar-refractivity contribution < 1.29 is 14.3 Å². The van der Waals surface area contributed by atoms with Gasteiger partial charge in [-0.2, -0.15) is 0 Å². The molecule has 0 amide bonds. The third kappa shape index (κ3) is 2.24. The zero-order chi connectivity index (χ0) is 15.2. The van der Waals surface area contributed by atoms with Crippen molar-refractivity contribution in [3.05, 3.63) is 35.5 Å². The standard InChI is InChI=1S/C17H19NO3/c1-17(2)9-14-12(8-16(20)21-3)11-6-4-5-7-13(11)18(14)15(19)10-17/h4-7H,8-10H2,1-3H3. The SMILES string of the molecule is COC(=O)Cc1c2n(c3ccccc13)C(=O)CC(C)(C)C2. The van der Waals surface area contributed by atoms with E-state index in [-0.39, 0.29) is 23.7 Å². The van der Waals surface area contributed by atoms with Gasteiger partial charge in [0.2, 0.25) is 5.91 Å². The van der Waals surface area contributed by atoms with Crippen LogP contribution in [-0.2, 0) is 22.4 Å². The molecule has 2 aromatic rings. The normalized spacial score (nSPS) is 16.8. The summed E-state index contributed by atoms with van der Waals surface area (Å²) in [6.45, 7) is 4.18. The molecule has 1 aromatic carbocycles. The number of para-hydroxylation sites is 1. The van der Waals surface area contributed by atoms with Gasteiger partial charge in [-0.3, -0.25) is 14.2 Å². The summed E-state index contributed by atoms with van der Waals surface area (Å²) >= 11 is 0. The van der Waals surface area contributed by atoms with Crippen LogP contribution < -0.4 is 0 Å². The first kappa shape index (κ1) is 13.9. The summed E-state index contributed by atoms with van der Waals surface area (Å²) in [7, 11) is 1.39. The molecule has 0 unspecified atom stereocenters. The van der Waals surface area contributed by atoms with E-state index >= 15 is 0 Å². The quantitative estimate of drug-likeness (QED) is 0.797. The molecule has 1 aliphatic rings. The fourth-order valence-corrected chi connectivity index (χ4v) is 3.25. The molecule has 4 heteroatoms. The third-order valence-corrected chi connectivity index (χ3v) is 4.16. The van der Waals surface area contributed by atoms with E-state index in [4.69, 9.17) is 4.74 Å². The smallest absolute Gasteiger partial charge is 0.310 e. The molecular weight excluding hydrogens is 266 g/mol. The number of fused-ring (bicyclic) bond motifs is 3. The van der Waals surface area contributed by atoms with E-state index in [1.807, 2.05) is 24.3 Å². The second-order valence-corrected chi connectivity index (χ2v) is 6.44. The van der Waals surface area contributed by atoms with Gasteiger partial charge in [0.25, 0.3) is 0 Å². The van der Waals surface area contributed by atoms with Crippen LogP contribution in [0, 0.1) is 5.41 Å². The van der Waals surface area contributed by atoms with Crippen LogP contribution >= 0.6 is 0 Å². The van der Waals surface area contributed by atoms with Crippen molar-refractivity contribution in [2.45, 2.75) is 33.1 Å². The zero-order valence-electron chi connectivity index (χ0n) is 12.6. The van der Waals surface area contributed by atoms with E-state index in [1.165, 1.54) is 7.11 Å². The molecule has 0 atom stereocenters. The molecule has 1 aliphatic heterocycles. The molecular formula is C17H19NO3. The summed E-state index contributed by atoms with van der Waals surface area (Å²) in [6.07, 6.45) is 1.53. The molecule has 4 nitrogen and oxygen atoms in total. The Bertz CT molecular complexity index is 740. The molecule has 0 radical (unpaired) electrons. The molecule has 3 rings (SSSR count). The largest absolute Gasteiger partial charge is 0.469 e. The van der Waals surface area contributed by atoms with E-state index in [0.717, 1.165) is 28.6 Å². The number of hydrogen-bond donors (Lipinski definition) is 0. The van der Waals surface area contributed by atoms with E-state index in [0.29, 0.717) is 6.42 Å². The molecule has 0 N–H and O–H groups in total. The Balaban J connectivity index is 2.26. The van der Waals surface area contributed by atoms with Crippen LogP contribution in [0.5, 0.6) is 0 Å². The molecule has 21 heavy (non-hydrogen) atoms. The van der Waals surface area contributed by atoms with Crippen LogP contribution in [0.15, 0.2) is 24.3 Å². The Morgan fingerprint density at radius 3 is 2.71 bits per heavy atom. The minimum Gasteiger partial charge on any atom is -0.469 e. The van der Waals surface area contributed by atoms with E-state index in [9.17, 15) is 9.59 Å². The molecule has 0 fully saturated rings. The van der Waals surface area contributed by atoms with Gasteiger partial charge >= 0.3 is 5.97 Å². The lowest BCUT2D eigenvalue weighted by Crippen LogP contribution is -2.32. The van der Waals surface area contributed by atoms with Crippen LogP contribution in [0.3, 0.4) is 0 Å². The van der Waals surface area contributed by atoms with Gasteiger partial charge in [0.1, 0.15) is 0 Å². The average molecular weight is 285 g/mol. The van der Waals surface area contributed by atoms with Crippen molar-refractivity contribution >= 4 is 22.8 Å². The number of carbonyl (C=O) groups excluding carboxylic acids is 2. The number of carbonyl (C=O) groups is 2. The molecule has 0 saturated heterocycles. The summed E-state index contributed by atoms with van der Waals surface area (Å²) in [5.74, 6) is -0.168. The molecule has 0 saturated carbocycles. The summed E-state index contributed by atoms with van der Waals surface area (Å²) in [5.41, 5.74) is 2.71. The van der Waals surface area contributed by atoms with Crippen molar-refractivity contribution in [1.29, 1.82) is 0 Å². The molecule has 110 valence electrons. The van der Waals surface area contributed by atoms with Crippen LogP contribution in [0.1, 0.15) is 36.3 Å². The Kier molecular flexibility index (Phi) is 3.12. The van der Waals surface area contributed by atoms with Crippen molar-refractivity contribution in [3.8, 4) is 0 Å². The number of rotatable bonds is 2. The number of ether oxygens (including phenoxy) is 1. The van der Waals surface area contributed by atoms with Crippen LogP contribution in [0.2, 0.25) is 0 Å². The molecule has 0 spiro atoms. The fraction of sp³-hybridized carbons (Fsp3) is 0.412. The number of methoxy groups -OCH3 is 1. The predicted octanol–water partition coefficient (Wildman–Crippen LogP) is 2.97. The lowest BCUT2D eigenvalue weighted by molar-refractivity contribution is -0.139. The monoisotopic (exact) mass is 285 g/mol. The minimum absolute atomic E-state index is 0.0771. The second kappa shape index (κ2) is 4.72.